The Morgan fingerprint density at radius 2 is 1.86 bits per heavy atom. The van der Waals surface area contributed by atoms with E-state index < -0.39 is 10.0 Å². The van der Waals surface area contributed by atoms with Crippen LogP contribution in [-0.2, 0) is 10.0 Å². The Labute approximate surface area is 169 Å². The van der Waals surface area contributed by atoms with Crippen LogP contribution < -0.4 is 5.73 Å². The Hall–Kier alpha value is -1.55. The number of hydrogen-bond acceptors (Lipinski definition) is 6. The molecule has 0 radical (unpaired) electrons. The number of primary amides is 1. The lowest BCUT2D eigenvalue weighted by molar-refractivity contribution is 0.0996. The molecule has 2 aromatic rings. The maximum absolute atomic E-state index is 12.0. The van der Waals surface area contributed by atoms with Crippen LogP contribution in [0.3, 0.4) is 0 Å². The molecule has 0 bridgehead atoms. The highest BCUT2D eigenvalue weighted by molar-refractivity contribution is 7.88. The number of aromatic nitrogens is 1. The van der Waals surface area contributed by atoms with Gasteiger partial charge in [-0.3, -0.25) is 4.79 Å². The number of carbonyl (C=O) groups excluding carboxylic acids is 1. The standard InChI is InChI=1S/C19H26N4O3S2/c1-28(25,26)23-11-6-14(7-12-23)22-9-4-13(5-10-22)16-15-3-2-8-21-19(15)27-17(16)18(20)24/h2-3,8,13-14H,4-7,9-12H2,1H3,(H2,20,24). The first-order valence-corrected chi connectivity index (χ1v) is 12.4. The number of nitrogens with zero attached hydrogens (tertiary/aromatic N) is 3. The molecule has 2 saturated heterocycles. The molecule has 2 aromatic heterocycles. The first-order valence-electron chi connectivity index (χ1n) is 9.71. The minimum absolute atomic E-state index is 0.313. The van der Waals surface area contributed by atoms with E-state index in [1.807, 2.05) is 12.1 Å². The van der Waals surface area contributed by atoms with Crippen molar-refractivity contribution in [3.8, 4) is 0 Å². The number of hydrogen-bond donors (Lipinski definition) is 1. The van der Waals surface area contributed by atoms with Crippen molar-refractivity contribution in [2.45, 2.75) is 37.6 Å². The molecule has 0 unspecified atom stereocenters. The maximum Gasteiger partial charge on any atom is 0.259 e. The number of piperidine rings is 2. The minimum Gasteiger partial charge on any atom is -0.365 e. The van der Waals surface area contributed by atoms with E-state index in [4.69, 9.17) is 5.73 Å². The lowest BCUT2D eigenvalue weighted by Gasteiger charge is -2.41. The number of fused-ring (bicyclic) bond motifs is 1. The van der Waals surface area contributed by atoms with Crippen LogP contribution in [0.1, 0.15) is 46.8 Å². The highest BCUT2D eigenvalue weighted by atomic mass is 32.2. The van der Waals surface area contributed by atoms with Gasteiger partial charge in [0.05, 0.1) is 11.1 Å². The van der Waals surface area contributed by atoms with Gasteiger partial charge in [0, 0.05) is 30.7 Å². The average molecular weight is 423 g/mol. The Kier molecular flexibility index (Phi) is 5.43. The largest absolute Gasteiger partial charge is 0.365 e. The van der Waals surface area contributed by atoms with Gasteiger partial charge in [0.15, 0.2) is 0 Å². The van der Waals surface area contributed by atoms with Gasteiger partial charge in [-0.2, -0.15) is 0 Å². The zero-order valence-corrected chi connectivity index (χ0v) is 17.6. The molecule has 2 fully saturated rings. The van der Waals surface area contributed by atoms with Gasteiger partial charge in [-0.15, -0.1) is 11.3 Å². The molecule has 9 heteroatoms. The quantitative estimate of drug-likeness (QED) is 0.813. The van der Waals surface area contributed by atoms with Crippen molar-refractivity contribution in [3.05, 3.63) is 28.8 Å². The molecular weight excluding hydrogens is 396 g/mol. The van der Waals surface area contributed by atoms with Gasteiger partial charge in [-0.05, 0) is 56.3 Å². The second kappa shape index (κ2) is 7.70. The second-order valence-electron chi connectivity index (χ2n) is 7.77. The van der Waals surface area contributed by atoms with Crippen LogP contribution in [0.4, 0.5) is 0 Å². The molecule has 4 rings (SSSR count). The van der Waals surface area contributed by atoms with E-state index in [0.29, 0.717) is 29.9 Å². The number of likely N-dealkylation sites (tertiary alicyclic amines) is 1. The van der Waals surface area contributed by atoms with E-state index in [-0.39, 0.29) is 5.91 Å². The topological polar surface area (TPSA) is 96.6 Å². The van der Waals surface area contributed by atoms with Crippen LogP contribution in [0.2, 0.25) is 0 Å². The molecule has 0 aliphatic carbocycles. The molecule has 2 aliphatic rings. The van der Waals surface area contributed by atoms with E-state index in [1.54, 1.807) is 10.5 Å². The normalized spacial score (nSPS) is 21.3. The Morgan fingerprint density at radius 1 is 1.18 bits per heavy atom. The van der Waals surface area contributed by atoms with E-state index >= 15 is 0 Å². The Balaban J connectivity index is 1.45. The summed E-state index contributed by atoms with van der Waals surface area (Å²) in [7, 11) is -3.09. The SMILES string of the molecule is CS(=O)(=O)N1CCC(N2CCC(c3c(C(N)=O)sc4ncccc34)CC2)CC1. The maximum atomic E-state index is 12.0. The van der Waals surface area contributed by atoms with Crippen LogP contribution in [0.5, 0.6) is 0 Å². The van der Waals surface area contributed by atoms with Crippen LogP contribution in [0, 0.1) is 0 Å². The molecule has 7 nitrogen and oxygen atoms in total. The van der Waals surface area contributed by atoms with Gasteiger partial charge in [-0.1, -0.05) is 6.07 Å². The van der Waals surface area contributed by atoms with Gasteiger partial charge in [0.1, 0.15) is 4.83 Å². The lowest BCUT2D eigenvalue weighted by Crippen LogP contribution is -2.48. The number of thiophene rings is 1. The van der Waals surface area contributed by atoms with Gasteiger partial charge < -0.3 is 10.6 Å². The zero-order valence-electron chi connectivity index (χ0n) is 16.0. The zero-order chi connectivity index (χ0) is 19.9. The number of nitrogens with two attached hydrogens (primary N) is 1. The number of rotatable bonds is 4. The third-order valence-electron chi connectivity index (χ3n) is 6.08. The highest BCUT2D eigenvalue weighted by Crippen LogP contribution is 2.40. The van der Waals surface area contributed by atoms with Crippen LogP contribution >= 0.6 is 11.3 Å². The summed E-state index contributed by atoms with van der Waals surface area (Å²) in [4.78, 5) is 20.4. The molecule has 1 amide bonds. The molecule has 152 valence electrons. The molecular formula is C19H26N4O3S2. The van der Waals surface area contributed by atoms with E-state index in [1.165, 1.54) is 17.6 Å². The number of amides is 1. The van der Waals surface area contributed by atoms with Crippen molar-refractivity contribution >= 4 is 37.5 Å². The summed E-state index contributed by atoms with van der Waals surface area (Å²) >= 11 is 1.40. The van der Waals surface area contributed by atoms with E-state index in [0.717, 1.165) is 54.6 Å². The summed E-state index contributed by atoms with van der Waals surface area (Å²) in [5, 5.41) is 1.06. The summed E-state index contributed by atoms with van der Waals surface area (Å²) < 4.78 is 25.0. The Morgan fingerprint density at radius 3 is 2.46 bits per heavy atom. The molecule has 2 aliphatic heterocycles. The first kappa shape index (κ1) is 19.8. The lowest BCUT2D eigenvalue weighted by atomic mass is 9.86. The van der Waals surface area contributed by atoms with Crippen molar-refractivity contribution in [2.24, 2.45) is 5.73 Å². The fraction of sp³-hybridized carbons (Fsp3) is 0.579. The van der Waals surface area contributed by atoms with Crippen molar-refractivity contribution in [2.75, 3.05) is 32.4 Å². The van der Waals surface area contributed by atoms with Crippen molar-refractivity contribution in [1.29, 1.82) is 0 Å². The first-order chi connectivity index (χ1) is 13.3. The number of carbonyl (C=O) groups is 1. The molecule has 4 heterocycles. The predicted octanol–water partition coefficient (Wildman–Crippen LogP) is 2.00. The van der Waals surface area contributed by atoms with Gasteiger partial charge in [0.25, 0.3) is 5.91 Å². The van der Waals surface area contributed by atoms with Crippen LogP contribution in [0.25, 0.3) is 10.2 Å². The minimum atomic E-state index is -3.09. The molecule has 0 atom stereocenters. The third kappa shape index (κ3) is 3.80. The molecule has 0 aromatic carbocycles. The van der Waals surface area contributed by atoms with Crippen molar-refractivity contribution in [1.82, 2.24) is 14.2 Å². The van der Waals surface area contributed by atoms with E-state index in [2.05, 4.69) is 9.88 Å². The summed E-state index contributed by atoms with van der Waals surface area (Å²) in [5.41, 5.74) is 6.73. The molecule has 28 heavy (non-hydrogen) atoms. The van der Waals surface area contributed by atoms with E-state index in [9.17, 15) is 13.2 Å². The Bertz CT molecular complexity index is 972. The van der Waals surface area contributed by atoms with Gasteiger partial charge >= 0.3 is 0 Å². The summed E-state index contributed by atoms with van der Waals surface area (Å²) in [6.07, 6.45) is 6.76. The fourth-order valence-corrected chi connectivity index (χ4v) is 6.59. The summed E-state index contributed by atoms with van der Waals surface area (Å²) in [6, 6.07) is 4.39. The number of sulfonamides is 1. The number of pyridine rings is 1. The fourth-order valence-electron chi connectivity index (χ4n) is 4.63. The van der Waals surface area contributed by atoms with Crippen LogP contribution in [0.15, 0.2) is 18.3 Å². The molecule has 0 saturated carbocycles. The summed E-state index contributed by atoms with van der Waals surface area (Å²) in [5.74, 6) is -0.0543. The second-order valence-corrected chi connectivity index (χ2v) is 10.8. The smallest absolute Gasteiger partial charge is 0.259 e. The summed E-state index contributed by atoms with van der Waals surface area (Å²) in [6.45, 7) is 3.14. The van der Waals surface area contributed by atoms with Gasteiger partial charge in [-0.25, -0.2) is 17.7 Å². The molecule has 2 N–H and O–H groups in total. The average Bonchev–Trinajstić information content (AvgIpc) is 3.07. The molecule has 0 spiro atoms. The third-order valence-corrected chi connectivity index (χ3v) is 8.52. The van der Waals surface area contributed by atoms with Crippen molar-refractivity contribution < 1.29 is 13.2 Å². The highest BCUT2D eigenvalue weighted by Gasteiger charge is 2.33. The van der Waals surface area contributed by atoms with Crippen LogP contribution in [-0.4, -0.2) is 67.0 Å². The predicted molar refractivity (Wildman–Crippen MR) is 111 cm³/mol. The van der Waals surface area contributed by atoms with Gasteiger partial charge in [0.2, 0.25) is 10.0 Å². The van der Waals surface area contributed by atoms with Crippen molar-refractivity contribution in [3.63, 3.8) is 0 Å². The monoisotopic (exact) mass is 422 g/mol.